The quantitative estimate of drug-likeness (QED) is 0.767. The van der Waals surface area contributed by atoms with Crippen molar-refractivity contribution in [3.63, 3.8) is 0 Å². The lowest BCUT2D eigenvalue weighted by molar-refractivity contribution is -0.129. The number of nitrogens with zero attached hydrogens (tertiary/aromatic N) is 1. The molecule has 0 unspecified atom stereocenters. The molecular formula is C14H23N3O3S. The monoisotopic (exact) mass is 313 g/mol. The van der Waals surface area contributed by atoms with Crippen molar-refractivity contribution < 1.29 is 13.2 Å². The summed E-state index contributed by atoms with van der Waals surface area (Å²) in [7, 11) is -3.76. The van der Waals surface area contributed by atoms with Gasteiger partial charge >= 0.3 is 0 Å². The van der Waals surface area contributed by atoms with Gasteiger partial charge in [-0.25, -0.2) is 13.1 Å². The van der Waals surface area contributed by atoms with E-state index in [1.165, 1.54) is 0 Å². The Balaban J connectivity index is 2.96. The summed E-state index contributed by atoms with van der Waals surface area (Å²) in [5, 5.41) is 0. The minimum absolute atomic E-state index is 0.118. The van der Waals surface area contributed by atoms with Crippen molar-refractivity contribution in [3.8, 4) is 0 Å². The van der Waals surface area contributed by atoms with E-state index in [0.29, 0.717) is 24.3 Å². The van der Waals surface area contributed by atoms with Crippen LogP contribution in [0.15, 0.2) is 17.0 Å². The summed E-state index contributed by atoms with van der Waals surface area (Å²) in [5.41, 5.74) is 7.47. The van der Waals surface area contributed by atoms with Crippen molar-refractivity contribution >= 4 is 21.6 Å². The van der Waals surface area contributed by atoms with Crippen LogP contribution in [0.4, 0.5) is 5.69 Å². The SMILES string of the molecule is CCN(CC)C(=O)CNS(=O)(=O)c1cc(C)cc(N)c1C. The van der Waals surface area contributed by atoms with Gasteiger partial charge in [-0.05, 0) is 51.0 Å². The molecule has 1 rings (SSSR count). The number of nitrogens with one attached hydrogen (secondary N) is 1. The number of benzene rings is 1. The minimum Gasteiger partial charge on any atom is -0.398 e. The third-order valence-corrected chi connectivity index (χ3v) is 4.89. The number of aryl methyl sites for hydroxylation is 1. The first-order chi connectivity index (χ1) is 9.72. The molecule has 0 heterocycles. The molecule has 0 aliphatic carbocycles. The van der Waals surface area contributed by atoms with Crippen molar-refractivity contribution in [2.75, 3.05) is 25.4 Å². The fourth-order valence-corrected chi connectivity index (χ4v) is 3.39. The molecule has 118 valence electrons. The molecule has 0 atom stereocenters. The lowest BCUT2D eigenvalue weighted by atomic mass is 10.1. The first kappa shape index (κ1) is 17.5. The second-order valence-electron chi connectivity index (χ2n) is 4.87. The number of rotatable bonds is 6. The molecule has 1 amide bonds. The van der Waals surface area contributed by atoms with Crippen LogP contribution in [0.25, 0.3) is 0 Å². The summed E-state index contributed by atoms with van der Waals surface area (Å²) in [6, 6.07) is 3.27. The number of sulfonamides is 1. The number of nitrogen functional groups attached to an aromatic ring is 1. The Labute approximate surface area is 126 Å². The van der Waals surface area contributed by atoms with E-state index in [2.05, 4.69) is 4.72 Å². The van der Waals surface area contributed by atoms with Crippen molar-refractivity contribution in [1.29, 1.82) is 0 Å². The minimum atomic E-state index is -3.76. The number of anilines is 1. The molecular weight excluding hydrogens is 290 g/mol. The molecule has 21 heavy (non-hydrogen) atoms. The Hall–Kier alpha value is -1.60. The molecule has 1 aromatic rings. The van der Waals surface area contributed by atoms with E-state index in [0.717, 1.165) is 5.56 Å². The van der Waals surface area contributed by atoms with Gasteiger partial charge in [-0.1, -0.05) is 0 Å². The van der Waals surface area contributed by atoms with Crippen LogP contribution in [-0.4, -0.2) is 38.9 Å². The average Bonchev–Trinajstić information content (AvgIpc) is 2.42. The van der Waals surface area contributed by atoms with E-state index in [1.807, 2.05) is 13.8 Å². The van der Waals surface area contributed by atoms with Crippen molar-refractivity contribution in [1.82, 2.24) is 9.62 Å². The van der Waals surface area contributed by atoms with Gasteiger partial charge in [0, 0.05) is 18.8 Å². The molecule has 3 N–H and O–H groups in total. The highest BCUT2D eigenvalue weighted by Gasteiger charge is 2.20. The Kier molecular flexibility index (Phi) is 5.74. The molecule has 0 bridgehead atoms. The highest BCUT2D eigenvalue weighted by Crippen LogP contribution is 2.22. The number of likely N-dealkylation sites (N-methyl/N-ethyl adjacent to an activating group) is 1. The molecule has 6 nitrogen and oxygen atoms in total. The van der Waals surface area contributed by atoms with Crippen LogP contribution in [-0.2, 0) is 14.8 Å². The zero-order chi connectivity index (χ0) is 16.2. The van der Waals surface area contributed by atoms with E-state index < -0.39 is 10.0 Å². The smallest absolute Gasteiger partial charge is 0.241 e. The molecule has 0 saturated carbocycles. The second kappa shape index (κ2) is 6.91. The van der Waals surface area contributed by atoms with Crippen LogP contribution >= 0.6 is 0 Å². The molecule has 0 spiro atoms. The zero-order valence-electron chi connectivity index (χ0n) is 12.9. The topological polar surface area (TPSA) is 92.5 Å². The summed E-state index contributed by atoms with van der Waals surface area (Å²) in [6.45, 7) is 7.96. The van der Waals surface area contributed by atoms with Crippen molar-refractivity contribution in [2.24, 2.45) is 0 Å². The number of carbonyl (C=O) groups excluding carboxylic acids is 1. The van der Waals surface area contributed by atoms with E-state index in [-0.39, 0.29) is 17.3 Å². The molecule has 0 radical (unpaired) electrons. The maximum absolute atomic E-state index is 12.3. The maximum atomic E-state index is 12.3. The van der Waals surface area contributed by atoms with E-state index in [4.69, 9.17) is 5.73 Å². The Morgan fingerprint density at radius 2 is 1.81 bits per heavy atom. The van der Waals surface area contributed by atoms with Gasteiger partial charge in [0.2, 0.25) is 15.9 Å². The van der Waals surface area contributed by atoms with Crippen LogP contribution in [0.3, 0.4) is 0 Å². The van der Waals surface area contributed by atoms with Crippen molar-refractivity contribution in [3.05, 3.63) is 23.3 Å². The van der Waals surface area contributed by atoms with Crippen LogP contribution in [0.2, 0.25) is 0 Å². The first-order valence-electron chi connectivity index (χ1n) is 6.87. The first-order valence-corrected chi connectivity index (χ1v) is 8.35. The maximum Gasteiger partial charge on any atom is 0.241 e. The summed E-state index contributed by atoms with van der Waals surface area (Å²) in [4.78, 5) is 13.6. The molecule has 0 aromatic heterocycles. The van der Waals surface area contributed by atoms with Gasteiger partial charge in [-0.3, -0.25) is 4.79 Å². The molecule has 1 aromatic carbocycles. The fourth-order valence-electron chi connectivity index (χ4n) is 2.05. The van der Waals surface area contributed by atoms with Crippen LogP contribution in [0, 0.1) is 13.8 Å². The zero-order valence-corrected chi connectivity index (χ0v) is 13.8. The predicted octanol–water partition coefficient (Wildman–Crippen LogP) is 1.03. The summed E-state index contributed by atoms with van der Waals surface area (Å²) in [5.74, 6) is -0.248. The highest BCUT2D eigenvalue weighted by molar-refractivity contribution is 7.89. The van der Waals surface area contributed by atoms with Gasteiger partial charge < -0.3 is 10.6 Å². The Bertz CT molecular complexity index is 623. The standard InChI is InChI=1S/C14H23N3O3S/c1-5-17(6-2)14(18)9-16-21(19,20)13-8-10(3)7-12(15)11(13)4/h7-8,16H,5-6,9,15H2,1-4H3. The van der Waals surface area contributed by atoms with E-state index in [9.17, 15) is 13.2 Å². The lowest BCUT2D eigenvalue weighted by Crippen LogP contribution is -2.40. The van der Waals surface area contributed by atoms with Gasteiger partial charge in [0.15, 0.2) is 0 Å². The van der Waals surface area contributed by atoms with Gasteiger partial charge in [0.25, 0.3) is 0 Å². The molecule has 0 aliphatic rings. The Morgan fingerprint density at radius 3 is 2.33 bits per heavy atom. The summed E-state index contributed by atoms with van der Waals surface area (Å²) >= 11 is 0. The van der Waals surface area contributed by atoms with Gasteiger partial charge in [0.05, 0.1) is 11.4 Å². The van der Waals surface area contributed by atoms with E-state index >= 15 is 0 Å². The number of nitrogens with two attached hydrogens (primary N) is 1. The third-order valence-electron chi connectivity index (χ3n) is 3.36. The number of hydrogen-bond donors (Lipinski definition) is 2. The summed E-state index contributed by atoms with van der Waals surface area (Å²) < 4.78 is 27.0. The van der Waals surface area contributed by atoms with Crippen LogP contribution in [0.5, 0.6) is 0 Å². The van der Waals surface area contributed by atoms with Crippen LogP contribution in [0.1, 0.15) is 25.0 Å². The largest absolute Gasteiger partial charge is 0.398 e. The fraction of sp³-hybridized carbons (Fsp3) is 0.500. The second-order valence-corrected chi connectivity index (χ2v) is 6.60. The molecule has 0 aliphatic heterocycles. The number of carbonyl (C=O) groups is 1. The molecule has 0 fully saturated rings. The highest BCUT2D eigenvalue weighted by atomic mass is 32.2. The number of amides is 1. The lowest BCUT2D eigenvalue weighted by Gasteiger charge is -2.19. The Morgan fingerprint density at radius 1 is 1.24 bits per heavy atom. The average molecular weight is 313 g/mol. The van der Waals surface area contributed by atoms with Gasteiger partial charge in [-0.2, -0.15) is 0 Å². The normalized spacial score (nSPS) is 11.4. The summed E-state index contributed by atoms with van der Waals surface area (Å²) in [6.07, 6.45) is 0. The number of hydrogen-bond acceptors (Lipinski definition) is 4. The predicted molar refractivity (Wildman–Crippen MR) is 83.4 cm³/mol. The molecule has 0 saturated heterocycles. The van der Waals surface area contributed by atoms with Gasteiger partial charge in [-0.15, -0.1) is 0 Å². The van der Waals surface area contributed by atoms with Gasteiger partial charge in [0.1, 0.15) is 0 Å². The van der Waals surface area contributed by atoms with E-state index in [1.54, 1.807) is 30.9 Å². The third kappa shape index (κ3) is 4.18. The van der Waals surface area contributed by atoms with Crippen LogP contribution < -0.4 is 10.5 Å². The molecule has 7 heteroatoms. The van der Waals surface area contributed by atoms with Crippen molar-refractivity contribution in [2.45, 2.75) is 32.6 Å².